The van der Waals surface area contributed by atoms with Gasteiger partial charge in [-0.05, 0) is 44.6 Å². The Morgan fingerprint density at radius 2 is 1.79 bits per heavy atom. The van der Waals surface area contributed by atoms with Gasteiger partial charge in [-0.1, -0.05) is 19.3 Å². The Morgan fingerprint density at radius 3 is 2.57 bits per heavy atom. The summed E-state index contributed by atoms with van der Waals surface area (Å²) in [7, 11) is 0. The van der Waals surface area contributed by atoms with Crippen molar-refractivity contribution in [2.24, 2.45) is 0 Å². The van der Waals surface area contributed by atoms with Gasteiger partial charge in [-0.25, -0.2) is 4.98 Å². The maximum atomic E-state index is 13.5. The molecule has 0 amide bonds. The first-order valence-corrected chi connectivity index (χ1v) is 10.4. The fourth-order valence-electron chi connectivity index (χ4n) is 4.44. The van der Waals surface area contributed by atoms with Gasteiger partial charge in [0.2, 0.25) is 0 Å². The molecule has 2 aliphatic carbocycles. The van der Waals surface area contributed by atoms with E-state index in [-0.39, 0.29) is 5.56 Å². The van der Waals surface area contributed by atoms with Gasteiger partial charge in [0.05, 0.1) is 23.6 Å². The standard InChI is InChI=1S/C22H25N5O/c1-14-12-25-18-11-17(15-5-3-2-4-6-15)22(28)27(21(18)26-14)13-19-20(16-7-8-16)24-10-9-23-19/h9-12,15-16H,2-8,13H2,1H3. The lowest BCUT2D eigenvalue weighted by Crippen LogP contribution is -2.28. The summed E-state index contributed by atoms with van der Waals surface area (Å²) in [5, 5.41) is 0. The lowest BCUT2D eigenvalue weighted by molar-refractivity contribution is 0.439. The van der Waals surface area contributed by atoms with E-state index in [0.717, 1.165) is 53.8 Å². The van der Waals surface area contributed by atoms with E-state index in [2.05, 4.69) is 19.9 Å². The Kier molecular flexibility index (Phi) is 4.41. The molecule has 2 fully saturated rings. The summed E-state index contributed by atoms with van der Waals surface area (Å²) in [5.74, 6) is 0.810. The average Bonchev–Trinajstić information content (AvgIpc) is 3.56. The van der Waals surface area contributed by atoms with E-state index in [9.17, 15) is 4.79 Å². The summed E-state index contributed by atoms with van der Waals surface area (Å²) < 4.78 is 1.79. The molecule has 3 aromatic heterocycles. The summed E-state index contributed by atoms with van der Waals surface area (Å²) in [6.07, 6.45) is 13.4. The van der Waals surface area contributed by atoms with E-state index in [0.29, 0.717) is 24.0 Å². The van der Waals surface area contributed by atoms with Crippen LogP contribution in [-0.2, 0) is 6.54 Å². The number of pyridine rings is 1. The van der Waals surface area contributed by atoms with Crippen LogP contribution in [0.3, 0.4) is 0 Å². The molecule has 0 spiro atoms. The minimum absolute atomic E-state index is 0.0618. The van der Waals surface area contributed by atoms with Crippen molar-refractivity contribution in [3.05, 3.63) is 57.7 Å². The largest absolute Gasteiger partial charge is 0.285 e. The van der Waals surface area contributed by atoms with Crippen molar-refractivity contribution in [2.45, 2.75) is 70.3 Å². The van der Waals surface area contributed by atoms with Crippen LogP contribution >= 0.6 is 0 Å². The van der Waals surface area contributed by atoms with Crippen LogP contribution in [0, 0.1) is 6.92 Å². The molecule has 0 saturated heterocycles. The average molecular weight is 375 g/mol. The first kappa shape index (κ1) is 17.5. The lowest BCUT2D eigenvalue weighted by Gasteiger charge is -2.22. The maximum absolute atomic E-state index is 13.5. The van der Waals surface area contributed by atoms with Gasteiger partial charge in [0.25, 0.3) is 5.56 Å². The van der Waals surface area contributed by atoms with Crippen LogP contribution < -0.4 is 5.56 Å². The number of hydrogen-bond acceptors (Lipinski definition) is 5. The van der Waals surface area contributed by atoms with Crippen LogP contribution in [0.2, 0.25) is 0 Å². The summed E-state index contributed by atoms with van der Waals surface area (Å²) in [4.78, 5) is 31.9. The number of hydrogen-bond donors (Lipinski definition) is 0. The lowest BCUT2D eigenvalue weighted by atomic mass is 9.84. The van der Waals surface area contributed by atoms with Crippen molar-refractivity contribution in [1.82, 2.24) is 24.5 Å². The third kappa shape index (κ3) is 3.21. The molecule has 6 heteroatoms. The molecule has 2 saturated carbocycles. The Morgan fingerprint density at radius 1 is 1.00 bits per heavy atom. The van der Waals surface area contributed by atoms with E-state index in [1.54, 1.807) is 23.2 Å². The molecule has 0 aliphatic heterocycles. The summed E-state index contributed by atoms with van der Waals surface area (Å²) in [6.45, 7) is 2.32. The Labute approximate surface area is 164 Å². The zero-order valence-electron chi connectivity index (χ0n) is 16.3. The predicted octanol–water partition coefficient (Wildman–Crippen LogP) is 3.86. The van der Waals surface area contributed by atoms with Gasteiger partial charge in [-0.3, -0.25) is 24.3 Å². The zero-order chi connectivity index (χ0) is 19.1. The van der Waals surface area contributed by atoms with Crippen LogP contribution in [0.25, 0.3) is 11.2 Å². The molecule has 2 aliphatic rings. The van der Waals surface area contributed by atoms with E-state index < -0.39 is 0 Å². The second-order valence-corrected chi connectivity index (χ2v) is 8.21. The predicted molar refractivity (Wildman–Crippen MR) is 107 cm³/mol. The second kappa shape index (κ2) is 7.08. The van der Waals surface area contributed by atoms with Gasteiger partial charge in [0.1, 0.15) is 5.52 Å². The second-order valence-electron chi connectivity index (χ2n) is 8.21. The van der Waals surface area contributed by atoms with Crippen molar-refractivity contribution in [3.8, 4) is 0 Å². The molecule has 144 valence electrons. The highest BCUT2D eigenvalue weighted by Crippen LogP contribution is 2.40. The molecule has 0 bridgehead atoms. The highest BCUT2D eigenvalue weighted by molar-refractivity contribution is 5.71. The Hall–Kier alpha value is -2.63. The molecule has 6 nitrogen and oxygen atoms in total. The molecule has 0 N–H and O–H groups in total. The van der Waals surface area contributed by atoms with Crippen molar-refractivity contribution < 1.29 is 0 Å². The first-order chi connectivity index (χ1) is 13.7. The number of rotatable bonds is 4. The molecular weight excluding hydrogens is 350 g/mol. The third-order valence-electron chi connectivity index (χ3n) is 6.07. The molecular formula is C22H25N5O. The minimum atomic E-state index is 0.0618. The highest BCUT2D eigenvalue weighted by Gasteiger charge is 2.29. The van der Waals surface area contributed by atoms with Crippen LogP contribution in [0.4, 0.5) is 0 Å². The normalized spacial score (nSPS) is 17.9. The van der Waals surface area contributed by atoms with Gasteiger partial charge < -0.3 is 0 Å². The Bertz CT molecular complexity index is 1080. The van der Waals surface area contributed by atoms with E-state index in [1.165, 1.54) is 19.3 Å². The highest BCUT2D eigenvalue weighted by atomic mass is 16.1. The van der Waals surface area contributed by atoms with Gasteiger partial charge >= 0.3 is 0 Å². The molecule has 0 aromatic carbocycles. The third-order valence-corrected chi connectivity index (χ3v) is 6.07. The van der Waals surface area contributed by atoms with Crippen molar-refractivity contribution in [2.75, 3.05) is 0 Å². The summed E-state index contributed by atoms with van der Waals surface area (Å²) in [6, 6.07) is 1.98. The number of aryl methyl sites for hydroxylation is 1. The number of nitrogens with zero attached hydrogens (tertiary/aromatic N) is 5. The van der Waals surface area contributed by atoms with Gasteiger partial charge in [0, 0.05) is 30.1 Å². The van der Waals surface area contributed by atoms with Crippen molar-refractivity contribution in [1.29, 1.82) is 0 Å². The molecule has 3 aromatic rings. The molecule has 3 heterocycles. The van der Waals surface area contributed by atoms with E-state index in [1.807, 2.05) is 13.0 Å². The topological polar surface area (TPSA) is 73.6 Å². The van der Waals surface area contributed by atoms with Gasteiger partial charge in [0.15, 0.2) is 5.65 Å². The van der Waals surface area contributed by atoms with E-state index in [4.69, 9.17) is 0 Å². The van der Waals surface area contributed by atoms with Crippen LogP contribution in [0.1, 0.15) is 79.4 Å². The zero-order valence-corrected chi connectivity index (χ0v) is 16.3. The minimum Gasteiger partial charge on any atom is -0.285 e. The van der Waals surface area contributed by atoms with E-state index >= 15 is 0 Å². The van der Waals surface area contributed by atoms with Crippen molar-refractivity contribution in [3.63, 3.8) is 0 Å². The smallest absolute Gasteiger partial charge is 0.256 e. The fraction of sp³-hybridized carbons (Fsp3) is 0.500. The maximum Gasteiger partial charge on any atom is 0.256 e. The van der Waals surface area contributed by atoms with Gasteiger partial charge in [-0.2, -0.15) is 0 Å². The van der Waals surface area contributed by atoms with Crippen LogP contribution in [0.5, 0.6) is 0 Å². The first-order valence-electron chi connectivity index (χ1n) is 10.4. The fourth-order valence-corrected chi connectivity index (χ4v) is 4.44. The summed E-state index contributed by atoms with van der Waals surface area (Å²) >= 11 is 0. The molecule has 28 heavy (non-hydrogen) atoms. The summed E-state index contributed by atoms with van der Waals surface area (Å²) in [5.41, 5.74) is 5.13. The Balaban J connectivity index is 1.66. The monoisotopic (exact) mass is 375 g/mol. The van der Waals surface area contributed by atoms with Gasteiger partial charge in [-0.15, -0.1) is 0 Å². The van der Waals surface area contributed by atoms with Crippen LogP contribution in [0.15, 0.2) is 29.5 Å². The number of fused-ring (bicyclic) bond motifs is 1. The quantitative estimate of drug-likeness (QED) is 0.692. The molecule has 0 radical (unpaired) electrons. The number of aromatic nitrogens is 5. The molecule has 0 unspecified atom stereocenters. The SMILES string of the molecule is Cc1cnc2cc(C3CCCCC3)c(=O)n(Cc3nccnc3C3CC3)c2n1. The van der Waals surface area contributed by atoms with Crippen molar-refractivity contribution >= 4 is 11.2 Å². The molecule has 0 atom stereocenters. The molecule has 5 rings (SSSR count). The van der Waals surface area contributed by atoms with Crippen LogP contribution in [-0.4, -0.2) is 24.5 Å².